The van der Waals surface area contributed by atoms with Crippen LogP contribution in [0.15, 0.2) is 84.0 Å². The smallest absolute Gasteiger partial charge is 0.244 e. The van der Waals surface area contributed by atoms with Crippen LogP contribution < -0.4 is 5.43 Å². The fourth-order valence-electron chi connectivity index (χ4n) is 4.41. The summed E-state index contributed by atoms with van der Waals surface area (Å²) >= 11 is 0. The lowest BCUT2D eigenvalue weighted by molar-refractivity contribution is -0.122. The zero-order valence-corrected chi connectivity index (χ0v) is 17.9. The molecule has 1 amide bonds. The van der Waals surface area contributed by atoms with Gasteiger partial charge in [-0.05, 0) is 43.4 Å². The van der Waals surface area contributed by atoms with Gasteiger partial charge in [0.1, 0.15) is 0 Å². The van der Waals surface area contributed by atoms with Crippen molar-refractivity contribution in [2.24, 2.45) is 11.0 Å². The van der Waals surface area contributed by atoms with Gasteiger partial charge < -0.3 is 0 Å². The average molecular weight is 397 g/mol. The van der Waals surface area contributed by atoms with Gasteiger partial charge >= 0.3 is 0 Å². The summed E-state index contributed by atoms with van der Waals surface area (Å²) in [4.78, 5) is 13.2. The second-order valence-electron chi connectivity index (χ2n) is 8.22. The second-order valence-corrected chi connectivity index (χ2v) is 8.22. The van der Waals surface area contributed by atoms with Crippen molar-refractivity contribution < 1.29 is 4.79 Å². The zero-order chi connectivity index (χ0) is 21.1. The zero-order valence-electron chi connectivity index (χ0n) is 17.9. The fourth-order valence-corrected chi connectivity index (χ4v) is 4.41. The Kier molecular flexibility index (Phi) is 5.54. The quantitative estimate of drug-likeness (QED) is 0.431. The summed E-state index contributed by atoms with van der Waals surface area (Å²) in [6.45, 7) is 6.25. The van der Waals surface area contributed by atoms with Crippen molar-refractivity contribution >= 4 is 11.6 Å². The van der Waals surface area contributed by atoms with Gasteiger partial charge in [0.25, 0.3) is 0 Å². The van der Waals surface area contributed by atoms with E-state index >= 15 is 0 Å². The summed E-state index contributed by atoms with van der Waals surface area (Å²) in [5, 5.41) is 4.48. The molecule has 1 unspecified atom stereocenters. The lowest BCUT2D eigenvalue weighted by Crippen LogP contribution is -2.26. The summed E-state index contributed by atoms with van der Waals surface area (Å²) in [6.07, 6.45) is 1.56. The first-order chi connectivity index (χ1) is 14.5. The van der Waals surface area contributed by atoms with E-state index in [-0.39, 0.29) is 17.2 Å². The minimum Gasteiger partial charge on any atom is -0.273 e. The van der Waals surface area contributed by atoms with E-state index in [2.05, 4.69) is 79.8 Å². The Hall–Kier alpha value is -3.20. The second kappa shape index (κ2) is 8.27. The fraction of sp³-hybridized carbons (Fsp3) is 0.259. The van der Waals surface area contributed by atoms with Crippen LogP contribution >= 0.6 is 0 Å². The molecule has 3 aromatic rings. The monoisotopic (exact) mass is 396 g/mol. The molecular weight excluding hydrogens is 368 g/mol. The standard InChI is InChI=1S/C27H28N2O/c1-4-25(21-12-6-5-7-13-21)28-29-26(30)24-18-27(24,22-14-8-10-19(2)16-22)23-15-9-11-20(3)17-23/h5-17,24H,4,18H2,1-3H3,(H,29,30). The Morgan fingerprint density at radius 3 is 2.07 bits per heavy atom. The van der Waals surface area contributed by atoms with Gasteiger partial charge in [0.15, 0.2) is 0 Å². The lowest BCUT2D eigenvalue weighted by Gasteiger charge is -2.20. The van der Waals surface area contributed by atoms with Crippen LogP contribution in [-0.2, 0) is 10.2 Å². The summed E-state index contributed by atoms with van der Waals surface area (Å²) in [5.41, 5.74) is 9.34. The number of carbonyl (C=O) groups is 1. The van der Waals surface area contributed by atoms with Gasteiger partial charge in [-0.25, -0.2) is 5.43 Å². The van der Waals surface area contributed by atoms with Gasteiger partial charge in [-0.1, -0.05) is 96.9 Å². The van der Waals surface area contributed by atoms with Gasteiger partial charge in [-0.15, -0.1) is 0 Å². The number of nitrogens with zero attached hydrogens (tertiary/aromatic N) is 1. The highest BCUT2D eigenvalue weighted by Crippen LogP contribution is 2.59. The van der Waals surface area contributed by atoms with Crippen LogP contribution in [0.4, 0.5) is 0 Å². The van der Waals surface area contributed by atoms with E-state index in [1.807, 2.05) is 30.3 Å². The first-order valence-electron chi connectivity index (χ1n) is 10.6. The molecule has 0 radical (unpaired) electrons. The molecule has 1 fully saturated rings. The van der Waals surface area contributed by atoms with E-state index in [4.69, 9.17) is 0 Å². The first-order valence-corrected chi connectivity index (χ1v) is 10.6. The van der Waals surface area contributed by atoms with Gasteiger partial charge in [0.05, 0.1) is 11.6 Å². The average Bonchev–Trinajstić information content (AvgIpc) is 3.52. The number of hydrogen-bond donors (Lipinski definition) is 1. The molecule has 0 heterocycles. The van der Waals surface area contributed by atoms with Crippen LogP contribution in [0.1, 0.15) is 47.6 Å². The molecule has 30 heavy (non-hydrogen) atoms. The summed E-state index contributed by atoms with van der Waals surface area (Å²) in [7, 11) is 0. The molecule has 0 spiro atoms. The van der Waals surface area contributed by atoms with Gasteiger partial charge in [-0.2, -0.15) is 5.10 Å². The maximum Gasteiger partial charge on any atom is 0.244 e. The molecule has 4 rings (SSSR count). The highest BCUT2D eigenvalue weighted by Gasteiger charge is 2.60. The number of rotatable bonds is 6. The van der Waals surface area contributed by atoms with Crippen molar-refractivity contribution in [2.75, 3.05) is 0 Å². The number of benzene rings is 3. The first kappa shape index (κ1) is 20.1. The molecule has 1 saturated carbocycles. The van der Waals surface area contributed by atoms with E-state index < -0.39 is 0 Å². The summed E-state index contributed by atoms with van der Waals surface area (Å²) in [5.74, 6) is -0.140. The molecule has 0 aromatic heterocycles. The van der Waals surface area contributed by atoms with Crippen molar-refractivity contribution in [1.82, 2.24) is 5.43 Å². The maximum absolute atomic E-state index is 13.2. The van der Waals surface area contributed by atoms with Crippen LogP contribution in [0, 0.1) is 19.8 Å². The summed E-state index contributed by atoms with van der Waals surface area (Å²) < 4.78 is 0. The third-order valence-electron chi connectivity index (χ3n) is 6.09. The third kappa shape index (κ3) is 3.80. The molecular formula is C27H28N2O. The molecule has 3 nitrogen and oxygen atoms in total. The van der Waals surface area contributed by atoms with Crippen LogP contribution in [0.5, 0.6) is 0 Å². The van der Waals surface area contributed by atoms with Gasteiger partial charge in [-0.3, -0.25) is 4.79 Å². The van der Waals surface area contributed by atoms with Crippen LogP contribution in [0.2, 0.25) is 0 Å². The number of amides is 1. The largest absolute Gasteiger partial charge is 0.273 e. The van der Waals surface area contributed by atoms with E-state index in [9.17, 15) is 4.79 Å². The number of nitrogens with one attached hydrogen (secondary N) is 1. The molecule has 3 aromatic carbocycles. The topological polar surface area (TPSA) is 41.5 Å². The highest BCUT2D eigenvalue weighted by molar-refractivity contribution is 6.01. The number of carbonyl (C=O) groups excluding carboxylic acids is 1. The van der Waals surface area contributed by atoms with E-state index in [0.717, 1.165) is 24.1 Å². The van der Waals surface area contributed by atoms with Crippen molar-refractivity contribution in [1.29, 1.82) is 0 Å². The molecule has 0 bridgehead atoms. The third-order valence-corrected chi connectivity index (χ3v) is 6.09. The Labute approximate surface area is 178 Å². The number of hydrogen-bond acceptors (Lipinski definition) is 2. The minimum atomic E-state index is -0.281. The molecule has 152 valence electrons. The van der Waals surface area contributed by atoms with E-state index in [0.29, 0.717) is 0 Å². The molecule has 0 aliphatic heterocycles. The van der Waals surface area contributed by atoms with Crippen molar-refractivity contribution in [3.8, 4) is 0 Å². The maximum atomic E-state index is 13.2. The predicted octanol–water partition coefficient (Wildman–Crippen LogP) is 5.54. The minimum absolute atomic E-state index is 0.0140. The molecule has 3 heteroatoms. The van der Waals surface area contributed by atoms with Gasteiger partial charge in [0.2, 0.25) is 5.91 Å². The Balaban J connectivity index is 1.63. The normalized spacial score (nSPS) is 17.4. The molecule has 1 atom stereocenters. The van der Waals surface area contributed by atoms with Crippen LogP contribution in [-0.4, -0.2) is 11.6 Å². The SMILES string of the molecule is CCC(=NNC(=O)C1CC1(c1cccc(C)c1)c1cccc(C)c1)c1ccccc1. The van der Waals surface area contributed by atoms with Crippen molar-refractivity contribution in [2.45, 2.75) is 39.0 Å². The Bertz CT molecular complexity index is 1040. The molecule has 1 N–H and O–H groups in total. The van der Waals surface area contributed by atoms with Crippen molar-refractivity contribution in [3.63, 3.8) is 0 Å². The Morgan fingerprint density at radius 1 is 0.933 bits per heavy atom. The van der Waals surface area contributed by atoms with E-state index in [1.165, 1.54) is 22.3 Å². The summed E-state index contributed by atoms with van der Waals surface area (Å²) in [6, 6.07) is 27.1. The van der Waals surface area contributed by atoms with Crippen LogP contribution in [0.3, 0.4) is 0 Å². The molecule has 1 aliphatic rings. The molecule has 1 aliphatic carbocycles. The number of aryl methyl sites for hydroxylation is 2. The van der Waals surface area contributed by atoms with Crippen LogP contribution in [0.25, 0.3) is 0 Å². The number of hydrazone groups is 1. The Morgan fingerprint density at radius 2 is 1.53 bits per heavy atom. The predicted molar refractivity (Wildman–Crippen MR) is 123 cm³/mol. The lowest BCUT2D eigenvalue weighted by atomic mass is 9.84. The van der Waals surface area contributed by atoms with Crippen molar-refractivity contribution in [3.05, 3.63) is 107 Å². The molecule has 0 saturated heterocycles. The highest BCUT2D eigenvalue weighted by atomic mass is 16.2. The van der Waals surface area contributed by atoms with E-state index in [1.54, 1.807) is 0 Å². The van der Waals surface area contributed by atoms with Gasteiger partial charge in [0, 0.05) is 5.41 Å².